The van der Waals surface area contributed by atoms with Crippen LogP contribution in [0.2, 0.25) is 0 Å². The highest BCUT2D eigenvalue weighted by Gasteiger charge is 2.34. The average Bonchev–Trinajstić information content (AvgIpc) is 3.18. The van der Waals surface area contributed by atoms with Gasteiger partial charge in [0.05, 0.1) is 51.2 Å². The van der Waals surface area contributed by atoms with Crippen molar-refractivity contribution in [2.75, 3.05) is 42.7 Å². The summed E-state index contributed by atoms with van der Waals surface area (Å²) in [5, 5.41) is 108. The second kappa shape index (κ2) is 21.4. The van der Waals surface area contributed by atoms with E-state index in [0.29, 0.717) is 22.5 Å². The fourth-order valence-electron chi connectivity index (χ4n) is 5.14. The molecule has 4 amide bonds. The van der Waals surface area contributed by atoms with Gasteiger partial charge in [0.2, 0.25) is 0 Å². The van der Waals surface area contributed by atoms with Crippen molar-refractivity contribution in [3.05, 3.63) is 83.7 Å². The van der Waals surface area contributed by atoms with E-state index < -0.39 is 98.8 Å². The molecule has 0 fully saturated rings. The summed E-state index contributed by atoms with van der Waals surface area (Å²) in [7, 11) is 0. The molecule has 0 aliphatic heterocycles. The first kappa shape index (κ1) is 47.8. The summed E-state index contributed by atoms with van der Waals surface area (Å²) in [6, 6.07) is 10.5. The van der Waals surface area contributed by atoms with Crippen LogP contribution in [-0.4, -0.2) is 150 Å². The van der Waals surface area contributed by atoms with Gasteiger partial charge in [-0.3, -0.25) is 19.2 Å². The van der Waals surface area contributed by atoms with Crippen LogP contribution in [0.5, 0.6) is 0 Å². The van der Waals surface area contributed by atoms with Crippen LogP contribution in [-0.2, 0) is 0 Å². The first-order valence-corrected chi connectivity index (χ1v) is 19.1. The molecule has 22 heteroatoms. The second-order valence-electron chi connectivity index (χ2n) is 12.6. The van der Waals surface area contributed by atoms with E-state index in [1.165, 1.54) is 24.3 Å². The molecule has 8 atom stereocenters. The van der Waals surface area contributed by atoms with E-state index in [-0.39, 0.29) is 35.8 Å². The van der Waals surface area contributed by atoms with Crippen molar-refractivity contribution in [2.24, 2.45) is 0 Å². The highest BCUT2D eigenvalue weighted by atomic mass is 79.9. The number of amides is 4. The SMILES string of the molecule is Cc1cc(N)ccc1C(=O)Nc1ccc(C(=O)Nc2c(Br)c(C(=O)NCC(O)C(O)C(O)C(O)CO)c(Br)c(C(=O)NCC(O)C(O)C(O)C(O)CO)c2Br)cc1. The topological polar surface area (TPSA) is 345 Å². The zero-order chi connectivity index (χ0) is 42.9. The lowest BCUT2D eigenvalue weighted by Crippen LogP contribution is -2.49. The fraction of sp³-hybridized carbons (Fsp3) is 0.371. The zero-order valence-corrected chi connectivity index (χ0v) is 34.6. The number of carbonyl (C=O) groups is 4. The van der Waals surface area contributed by atoms with Gasteiger partial charge in [0, 0.05) is 40.1 Å². The molecule has 16 N–H and O–H groups in total. The lowest BCUT2D eigenvalue weighted by molar-refractivity contribution is -0.113. The predicted octanol–water partition coefficient (Wildman–Crippen LogP) is -1.30. The largest absolute Gasteiger partial charge is 0.399 e. The van der Waals surface area contributed by atoms with Crippen LogP contribution in [0.1, 0.15) is 47.0 Å². The molecule has 3 aromatic rings. The highest BCUT2D eigenvalue weighted by molar-refractivity contribution is 9.11. The maximum absolute atomic E-state index is 13.6. The quantitative estimate of drug-likeness (QED) is 0.0659. The van der Waals surface area contributed by atoms with Gasteiger partial charge in [-0.1, -0.05) is 0 Å². The van der Waals surface area contributed by atoms with E-state index in [4.69, 9.17) is 15.9 Å². The summed E-state index contributed by atoms with van der Waals surface area (Å²) in [6.45, 7) is -1.64. The van der Waals surface area contributed by atoms with Crippen LogP contribution in [0.4, 0.5) is 17.1 Å². The second-order valence-corrected chi connectivity index (χ2v) is 15.0. The minimum Gasteiger partial charge on any atom is -0.399 e. The molecule has 8 unspecified atom stereocenters. The molecule has 0 bridgehead atoms. The molecule has 0 aliphatic carbocycles. The molecule has 0 aromatic heterocycles. The summed E-state index contributed by atoms with van der Waals surface area (Å²) in [6.07, 6.45) is -15.4. The summed E-state index contributed by atoms with van der Waals surface area (Å²) >= 11 is 9.72. The maximum Gasteiger partial charge on any atom is 0.255 e. The third-order valence-corrected chi connectivity index (χ3v) is 10.9. The van der Waals surface area contributed by atoms with Gasteiger partial charge in [0.1, 0.15) is 36.6 Å². The third kappa shape index (κ3) is 12.0. The number of nitrogen functional groups attached to an aromatic ring is 1. The molecule has 19 nitrogen and oxygen atoms in total. The lowest BCUT2D eigenvalue weighted by Gasteiger charge is -2.26. The van der Waals surface area contributed by atoms with Gasteiger partial charge in [-0.25, -0.2) is 0 Å². The zero-order valence-electron chi connectivity index (χ0n) is 29.8. The Morgan fingerprint density at radius 1 is 0.596 bits per heavy atom. The van der Waals surface area contributed by atoms with E-state index in [2.05, 4.69) is 69.1 Å². The summed E-state index contributed by atoms with van der Waals surface area (Å²) < 4.78 is -0.496. The van der Waals surface area contributed by atoms with Gasteiger partial charge in [-0.15, -0.1) is 0 Å². The van der Waals surface area contributed by atoms with Gasteiger partial charge in [0.25, 0.3) is 23.6 Å². The summed E-state index contributed by atoms with van der Waals surface area (Å²) in [4.78, 5) is 53.6. The number of aliphatic hydroxyl groups excluding tert-OH is 10. The summed E-state index contributed by atoms with van der Waals surface area (Å²) in [5.74, 6) is -3.25. The maximum atomic E-state index is 13.6. The average molecular weight is 996 g/mol. The van der Waals surface area contributed by atoms with E-state index in [1.807, 2.05) is 0 Å². The molecular formula is C35H42Br3N5O14. The van der Waals surface area contributed by atoms with Crippen molar-refractivity contribution in [3.63, 3.8) is 0 Å². The smallest absolute Gasteiger partial charge is 0.255 e. The molecule has 0 saturated carbocycles. The van der Waals surface area contributed by atoms with E-state index >= 15 is 0 Å². The number of hydrogen-bond acceptors (Lipinski definition) is 15. The van der Waals surface area contributed by atoms with Crippen molar-refractivity contribution in [1.82, 2.24) is 10.6 Å². The molecular weight excluding hydrogens is 954 g/mol. The number of anilines is 3. The Morgan fingerprint density at radius 3 is 1.46 bits per heavy atom. The van der Waals surface area contributed by atoms with Crippen LogP contribution in [0.15, 0.2) is 55.9 Å². The Morgan fingerprint density at radius 2 is 1.04 bits per heavy atom. The lowest BCUT2D eigenvalue weighted by atomic mass is 10.0. The number of nitrogens with two attached hydrogens (primary N) is 1. The van der Waals surface area contributed by atoms with Crippen LogP contribution in [0.3, 0.4) is 0 Å². The highest BCUT2D eigenvalue weighted by Crippen LogP contribution is 2.42. The Hall–Kier alpha value is -3.62. The van der Waals surface area contributed by atoms with Crippen LogP contribution < -0.4 is 27.0 Å². The molecule has 3 rings (SSSR count). The van der Waals surface area contributed by atoms with Crippen molar-refractivity contribution < 1.29 is 70.2 Å². The minimum atomic E-state index is -2.03. The van der Waals surface area contributed by atoms with Crippen LogP contribution in [0.25, 0.3) is 0 Å². The standard InChI is InChI=1S/C35H42Br3N5O14/c1-13-8-15(39)4-7-17(13)33(55)42-16-5-2-14(3-6-16)32(54)43-27-25(37)22(34(56)40-9-18(46)28(50)30(52)20(48)11-44)24(36)23(26(27)38)35(57)41-10-19(47)29(51)31(53)21(49)12-45/h2-8,18-21,28-31,44-53H,9-12,39H2,1H3,(H,40,56)(H,41,57)(H,42,55)(H,43,54). The van der Waals surface area contributed by atoms with Crippen molar-refractivity contribution in [2.45, 2.75) is 55.8 Å². The minimum absolute atomic E-state index is 0.0526. The molecule has 0 heterocycles. The van der Waals surface area contributed by atoms with Crippen molar-refractivity contribution in [1.29, 1.82) is 0 Å². The fourth-order valence-corrected chi connectivity index (χ4v) is 8.05. The van der Waals surface area contributed by atoms with Crippen LogP contribution in [0, 0.1) is 6.92 Å². The number of aliphatic hydroxyl groups is 10. The van der Waals surface area contributed by atoms with Crippen LogP contribution >= 0.6 is 47.8 Å². The van der Waals surface area contributed by atoms with Gasteiger partial charge < -0.3 is 78.1 Å². The number of carbonyl (C=O) groups excluding carboxylic acids is 4. The molecule has 3 aromatic carbocycles. The van der Waals surface area contributed by atoms with E-state index in [0.717, 1.165) is 0 Å². The monoisotopic (exact) mass is 993 g/mol. The van der Waals surface area contributed by atoms with Gasteiger partial charge >= 0.3 is 0 Å². The first-order chi connectivity index (χ1) is 26.7. The van der Waals surface area contributed by atoms with Crippen molar-refractivity contribution >= 4 is 88.5 Å². The number of halogens is 3. The van der Waals surface area contributed by atoms with E-state index in [9.17, 15) is 60.0 Å². The third-order valence-electron chi connectivity index (χ3n) is 8.50. The van der Waals surface area contributed by atoms with Gasteiger partial charge in [-0.2, -0.15) is 0 Å². The Labute approximate surface area is 349 Å². The number of rotatable bonds is 18. The molecule has 0 saturated heterocycles. The Balaban J connectivity index is 1.95. The first-order valence-electron chi connectivity index (χ1n) is 16.8. The predicted molar refractivity (Wildman–Crippen MR) is 214 cm³/mol. The number of nitrogens with one attached hydrogen (secondary N) is 4. The molecule has 0 spiro atoms. The van der Waals surface area contributed by atoms with Gasteiger partial charge in [0.15, 0.2) is 0 Å². The molecule has 0 radical (unpaired) electrons. The Bertz CT molecular complexity index is 1850. The molecule has 57 heavy (non-hydrogen) atoms. The van der Waals surface area contributed by atoms with E-state index in [1.54, 1.807) is 25.1 Å². The Kier molecular flexibility index (Phi) is 17.9. The number of aryl methyl sites for hydroxylation is 1. The molecule has 312 valence electrons. The molecule has 0 aliphatic rings. The number of hydrogen-bond donors (Lipinski definition) is 15. The normalized spacial score (nSPS) is 15.6. The van der Waals surface area contributed by atoms with Gasteiger partial charge in [-0.05, 0) is 103 Å². The van der Waals surface area contributed by atoms with Crippen molar-refractivity contribution in [3.8, 4) is 0 Å². The number of benzene rings is 3. The summed E-state index contributed by atoms with van der Waals surface area (Å²) in [5.41, 5.74) is 6.74.